The molecule has 0 aliphatic heterocycles. The van der Waals surface area contributed by atoms with Crippen molar-refractivity contribution in [1.82, 2.24) is 0 Å². The van der Waals surface area contributed by atoms with Crippen molar-refractivity contribution in [3.05, 3.63) is 35.5 Å². The fraction of sp³-hybridized carbons (Fsp3) is 0.758. The summed E-state index contributed by atoms with van der Waals surface area (Å²) in [5.41, 5.74) is -1.87. The van der Waals surface area contributed by atoms with Gasteiger partial charge in [0.25, 0.3) is 0 Å². The predicted molar refractivity (Wildman–Crippen MR) is 151 cm³/mol. The van der Waals surface area contributed by atoms with Crippen LogP contribution in [0, 0.1) is 34.5 Å². The van der Waals surface area contributed by atoms with Gasteiger partial charge in [0, 0.05) is 12.8 Å². The highest BCUT2D eigenvalue weighted by Gasteiger charge is 2.55. The Bertz CT molecular complexity index is 1050. The van der Waals surface area contributed by atoms with E-state index >= 15 is 0 Å². The Kier molecular flexibility index (Phi) is 9.81. The molecule has 0 spiro atoms. The summed E-state index contributed by atoms with van der Waals surface area (Å²) in [6, 6.07) is 0. The summed E-state index contributed by atoms with van der Waals surface area (Å²) < 4.78 is 54.1. The van der Waals surface area contributed by atoms with Crippen LogP contribution in [0.25, 0.3) is 0 Å². The molecule has 3 fully saturated rings. The van der Waals surface area contributed by atoms with E-state index in [2.05, 4.69) is 38.3 Å². The van der Waals surface area contributed by atoms with E-state index in [0.29, 0.717) is 37.7 Å². The third-order valence-electron chi connectivity index (χ3n) is 9.94. The summed E-state index contributed by atoms with van der Waals surface area (Å²) in [6.45, 7) is 12.5. The van der Waals surface area contributed by atoms with Crippen LogP contribution in [0.4, 0.5) is 17.6 Å². The number of halogens is 4. The highest BCUT2D eigenvalue weighted by Crippen LogP contribution is 2.63. The number of hydrogen-bond donors (Lipinski definition) is 3. The number of alkyl halides is 4. The smallest absolute Gasteiger partial charge is 0.393 e. The summed E-state index contributed by atoms with van der Waals surface area (Å²) in [4.78, 5) is 0. The van der Waals surface area contributed by atoms with Gasteiger partial charge < -0.3 is 15.3 Å². The quantitative estimate of drug-likeness (QED) is 0.217. The molecule has 0 aromatic rings. The third kappa shape index (κ3) is 7.41. The molecule has 0 bridgehead atoms. The molecule has 40 heavy (non-hydrogen) atoms. The molecule has 0 amide bonds. The Balaban J connectivity index is 1.90. The minimum Gasteiger partial charge on any atom is -0.393 e. The monoisotopic (exact) mass is 568 g/mol. The van der Waals surface area contributed by atoms with E-state index in [0.717, 1.165) is 44.1 Å². The standard InChI is InChI=1S/C33H48F4O3/c1-22-24(20-25(38)21-27(22)34)12-11-23-10-7-18-31(5)26(23)13-14-28(31)30(4,16-8-15-29(2,3)39)17-9-19-32(6,40)33(35,36)37/h11-12,25-28,38-40H,1,7-8,10,13-18,20-21H2,2-6H3/b23-11+,24-12-/t25?,26?,27-,28?,30-,31-,32?/m0/s1. The minimum atomic E-state index is -4.83. The molecule has 0 radical (unpaired) electrons. The van der Waals surface area contributed by atoms with Gasteiger partial charge >= 0.3 is 6.18 Å². The van der Waals surface area contributed by atoms with Crippen LogP contribution in [0.2, 0.25) is 0 Å². The van der Waals surface area contributed by atoms with Gasteiger partial charge in [-0.1, -0.05) is 56.4 Å². The molecule has 0 aromatic carbocycles. The molecule has 0 aromatic heterocycles. The second kappa shape index (κ2) is 11.9. The fourth-order valence-electron chi connectivity index (χ4n) is 7.62. The summed E-state index contributed by atoms with van der Waals surface area (Å²) in [6.07, 6.45) is 4.79. The lowest BCUT2D eigenvalue weighted by Gasteiger charge is -2.49. The highest BCUT2D eigenvalue weighted by atomic mass is 19.4. The molecular formula is C33H48F4O3. The zero-order valence-electron chi connectivity index (χ0n) is 24.8. The van der Waals surface area contributed by atoms with Crippen molar-refractivity contribution >= 4 is 0 Å². The molecule has 3 saturated carbocycles. The van der Waals surface area contributed by atoms with Crippen LogP contribution in [0.5, 0.6) is 0 Å². The molecule has 3 aliphatic carbocycles. The normalized spacial score (nSPS) is 34.6. The fourth-order valence-corrected chi connectivity index (χ4v) is 7.62. The van der Waals surface area contributed by atoms with E-state index in [1.807, 2.05) is 6.08 Å². The van der Waals surface area contributed by atoms with Gasteiger partial charge in [0.2, 0.25) is 5.60 Å². The number of aliphatic hydroxyl groups excluding tert-OH is 1. The number of aliphatic hydroxyl groups is 3. The number of hydrogen-bond acceptors (Lipinski definition) is 3. The Morgan fingerprint density at radius 1 is 1.07 bits per heavy atom. The third-order valence-corrected chi connectivity index (χ3v) is 9.94. The summed E-state index contributed by atoms with van der Waals surface area (Å²) in [5, 5.41) is 30.3. The minimum absolute atomic E-state index is 0.0774. The van der Waals surface area contributed by atoms with Gasteiger partial charge in [-0.2, -0.15) is 13.2 Å². The van der Waals surface area contributed by atoms with E-state index < -0.39 is 35.1 Å². The van der Waals surface area contributed by atoms with Gasteiger partial charge in [0.15, 0.2) is 0 Å². The van der Waals surface area contributed by atoms with Crippen LogP contribution < -0.4 is 0 Å². The van der Waals surface area contributed by atoms with Crippen LogP contribution in [-0.2, 0) is 0 Å². The van der Waals surface area contributed by atoms with Gasteiger partial charge in [-0.25, -0.2) is 4.39 Å². The molecular weight excluding hydrogens is 520 g/mol. The van der Waals surface area contributed by atoms with Gasteiger partial charge in [0.05, 0.1) is 11.7 Å². The van der Waals surface area contributed by atoms with Crippen LogP contribution in [0.1, 0.15) is 105 Å². The molecule has 226 valence electrons. The van der Waals surface area contributed by atoms with Crippen molar-refractivity contribution in [2.24, 2.45) is 22.7 Å². The highest BCUT2D eigenvalue weighted by molar-refractivity contribution is 5.39. The molecule has 3 rings (SSSR count). The molecule has 0 saturated heterocycles. The Morgan fingerprint density at radius 2 is 1.75 bits per heavy atom. The van der Waals surface area contributed by atoms with E-state index in [1.54, 1.807) is 13.8 Å². The molecule has 7 heteroatoms. The number of allylic oxidation sites excluding steroid dienone is 4. The maximum absolute atomic E-state index is 14.3. The van der Waals surface area contributed by atoms with E-state index in [4.69, 9.17) is 0 Å². The van der Waals surface area contributed by atoms with Crippen LogP contribution >= 0.6 is 0 Å². The number of fused-ring (bicyclic) bond motifs is 1. The van der Waals surface area contributed by atoms with E-state index in [9.17, 15) is 32.9 Å². The lowest BCUT2D eigenvalue weighted by molar-refractivity contribution is -0.228. The van der Waals surface area contributed by atoms with Crippen molar-refractivity contribution in [3.8, 4) is 11.8 Å². The molecule has 3 N–H and O–H groups in total. The molecule has 3 aliphatic rings. The average Bonchev–Trinajstić information content (AvgIpc) is 3.17. The predicted octanol–water partition coefficient (Wildman–Crippen LogP) is 7.76. The molecule has 3 nitrogen and oxygen atoms in total. The van der Waals surface area contributed by atoms with E-state index in [-0.39, 0.29) is 24.2 Å². The second-order valence-corrected chi connectivity index (χ2v) is 13.9. The largest absolute Gasteiger partial charge is 0.428 e. The van der Waals surface area contributed by atoms with Gasteiger partial charge in [-0.3, -0.25) is 0 Å². The van der Waals surface area contributed by atoms with Crippen molar-refractivity contribution in [2.45, 2.75) is 135 Å². The first-order valence-corrected chi connectivity index (χ1v) is 14.7. The Hall–Kier alpha value is -1.62. The van der Waals surface area contributed by atoms with Crippen LogP contribution in [0.3, 0.4) is 0 Å². The second-order valence-electron chi connectivity index (χ2n) is 13.9. The summed E-state index contributed by atoms with van der Waals surface area (Å²) in [5.74, 6) is 5.33. The Morgan fingerprint density at radius 3 is 2.38 bits per heavy atom. The van der Waals surface area contributed by atoms with Crippen molar-refractivity contribution < 1.29 is 32.9 Å². The summed E-state index contributed by atoms with van der Waals surface area (Å²) >= 11 is 0. The van der Waals surface area contributed by atoms with Gasteiger partial charge in [-0.05, 0) is 106 Å². The first-order valence-electron chi connectivity index (χ1n) is 14.7. The van der Waals surface area contributed by atoms with Crippen LogP contribution in [0.15, 0.2) is 35.5 Å². The molecule has 4 unspecified atom stereocenters. The Labute approximate surface area is 237 Å². The average molecular weight is 569 g/mol. The summed E-state index contributed by atoms with van der Waals surface area (Å²) in [7, 11) is 0. The zero-order chi connectivity index (χ0) is 30.1. The lowest BCUT2D eigenvalue weighted by Crippen LogP contribution is -2.42. The van der Waals surface area contributed by atoms with Crippen molar-refractivity contribution in [2.75, 3.05) is 0 Å². The van der Waals surface area contributed by atoms with Crippen LogP contribution in [-0.4, -0.2) is 45.0 Å². The van der Waals surface area contributed by atoms with Gasteiger partial charge in [0.1, 0.15) is 6.17 Å². The molecule has 7 atom stereocenters. The first-order chi connectivity index (χ1) is 18.3. The van der Waals surface area contributed by atoms with Crippen molar-refractivity contribution in [3.63, 3.8) is 0 Å². The lowest BCUT2D eigenvalue weighted by atomic mass is 9.55. The first kappa shape index (κ1) is 32.9. The van der Waals surface area contributed by atoms with Crippen molar-refractivity contribution in [1.29, 1.82) is 0 Å². The maximum atomic E-state index is 14.3. The molecule has 0 heterocycles. The van der Waals surface area contributed by atoms with E-state index in [1.165, 1.54) is 5.57 Å². The SMILES string of the molecule is C=C1/C(=C\C=C2/CCC[C@@]3(C)C2CCC3[C@](C)(CC#CC(C)(O)C(F)(F)F)CCCC(C)(C)O)CC(O)C[C@@H]1F. The number of rotatable bonds is 7. The maximum Gasteiger partial charge on any atom is 0.428 e. The topological polar surface area (TPSA) is 60.7 Å². The zero-order valence-corrected chi connectivity index (χ0v) is 24.8. The van der Waals surface area contributed by atoms with Gasteiger partial charge in [-0.15, -0.1) is 0 Å².